The van der Waals surface area contributed by atoms with E-state index in [1.807, 2.05) is 36.5 Å². The van der Waals surface area contributed by atoms with Crippen molar-refractivity contribution in [1.29, 1.82) is 0 Å². The third kappa shape index (κ3) is 4.92. The fourth-order valence-electron chi connectivity index (χ4n) is 4.15. The Morgan fingerprint density at radius 3 is 2.76 bits per heavy atom. The van der Waals surface area contributed by atoms with Gasteiger partial charge in [-0.1, -0.05) is 0 Å². The maximum absolute atomic E-state index is 11.6. The predicted molar refractivity (Wildman–Crippen MR) is 133 cm³/mol. The first-order valence-corrected chi connectivity index (χ1v) is 13.1. The Balaban J connectivity index is 1.28. The van der Waals surface area contributed by atoms with Gasteiger partial charge >= 0.3 is 0 Å². The molecule has 0 aliphatic carbocycles. The maximum Gasteiger partial charge on any atom is 0.163 e. The Bertz CT molecular complexity index is 1410. The van der Waals surface area contributed by atoms with Gasteiger partial charge in [0.15, 0.2) is 21.3 Å². The van der Waals surface area contributed by atoms with Crippen LogP contribution >= 0.6 is 0 Å². The van der Waals surface area contributed by atoms with Crippen LogP contribution < -0.4 is 14.8 Å². The first kappa shape index (κ1) is 22.4. The Kier molecular flexibility index (Phi) is 6.25. The second kappa shape index (κ2) is 9.47. The summed E-state index contributed by atoms with van der Waals surface area (Å²) >= 11 is 0. The molecule has 1 aliphatic heterocycles. The van der Waals surface area contributed by atoms with Gasteiger partial charge < -0.3 is 24.7 Å². The van der Waals surface area contributed by atoms with E-state index in [2.05, 4.69) is 31.2 Å². The lowest BCUT2D eigenvalue weighted by molar-refractivity contribution is 0.240. The molecule has 0 unspecified atom stereocenters. The van der Waals surface area contributed by atoms with E-state index in [-0.39, 0.29) is 11.5 Å². The van der Waals surface area contributed by atoms with Crippen LogP contribution in [0.5, 0.6) is 11.5 Å². The van der Waals surface area contributed by atoms with Gasteiger partial charge in [-0.15, -0.1) is 0 Å². The minimum atomic E-state index is -2.86. The van der Waals surface area contributed by atoms with Crippen molar-refractivity contribution in [3.63, 3.8) is 0 Å². The van der Waals surface area contributed by atoms with Crippen LogP contribution in [0.15, 0.2) is 48.9 Å². The summed E-state index contributed by atoms with van der Waals surface area (Å²) in [7, 11) is -1.25. The molecule has 178 valence electrons. The second-order valence-electron chi connectivity index (χ2n) is 8.34. The van der Waals surface area contributed by atoms with Gasteiger partial charge in [0.2, 0.25) is 0 Å². The van der Waals surface area contributed by atoms with Crippen molar-refractivity contribution in [3.8, 4) is 11.5 Å². The van der Waals surface area contributed by atoms with E-state index in [9.17, 15) is 8.42 Å². The maximum atomic E-state index is 11.6. The number of aromatic nitrogens is 3. The molecule has 2 aromatic carbocycles. The van der Waals surface area contributed by atoms with Gasteiger partial charge in [0.1, 0.15) is 12.1 Å². The Labute approximate surface area is 198 Å². The largest absolute Gasteiger partial charge is 0.493 e. The molecule has 0 spiro atoms. The molecule has 5 rings (SSSR count). The molecule has 2 N–H and O–H groups in total. The van der Waals surface area contributed by atoms with Crippen LogP contribution in [-0.2, 0) is 9.84 Å². The van der Waals surface area contributed by atoms with Gasteiger partial charge in [-0.05, 0) is 36.8 Å². The third-order valence-electron chi connectivity index (χ3n) is 6.05. The molecule has 1 saturated heterocycles. The number of ether oxygens (including phenoxy) is 2. The lowest BCUT2D eigenvalue weighted by Crippen LogP contribution is -2.40. The number of hydrogen-bond acceptors (Lipinski definition) is 8. The van der Waals surface area contributed by atoms with E-state index in [0.29, 0.717) is 37.0 Å². The SMILES string of the molecule is COc1cc2c(Nc3ccc4[nH]ccc4c3)ncnc2cc1OCCCN1CCS(=O)(=O)CC1. The van der Waals surface area contributed by atoms with Gasteiger partial charge in [0.05, 0.1) is 30.7 Å². The predicted octanol–water partition coefficient (Wildman–Crippen LogP) is 3.36. The van der Waals surface area contributed by atoms with Crippen LogP contribution in [0.4, 0.5) is 11.5 Å². The minimum Gasteiger partial charge on any atom is -0.493 e. The molecule has 0 amide bonds. The van der Waals surface area contributed by atoms with E-state index >= 15 is 0 Å². The summed E-state index contributed by atoms with van der Waals surface area (Å²) in [6.07, 6.45) is 4.23. The highest BCUT2D eigenvalue weighted by Crippen LogP contribution is 2.35. The van der Waals surface area contributed by atoms with E-state index in [4.69, 9.17) is 9.47 Å². The van der Waals surface area contributed by atoms with Crippen LogP contribution in [0.25, 0.3) is 21.8 Å². The van der Waals surface area contributed by atoms with Gasteiger partial charge in [0, 0.05) is 53.9 Å². The number of nitrogens with one attached hydrogen (secondary N) is 2. The molecular formula is C24H27N5O4S. The second-order valence-corrected chi connectivity index (χ2v) is 10.6. The lowest BCUT2D eigenvalue weighted by atomic mass is 10.2. The van der Waals surface area contributed by atoms with E-state index in [0.717, 1.165) is 40.5 Å². The molecule has 34 heavy (non-hydrogen) atoms. The Morgan fingerprint density at radius 1 is 1.09 bits per heavy atom. The van der Waals surface area contributed by atoms with Gasteiger partial charge in [0.25, 0.3) is 0 Å². The molecule has 9 nitrogen and oxygen atoms in total. The van der Waals surface area contributed by atoms with Crippen molar-refractivity contribution in [3.05, 3.63) is 48.9 Å². The molecule has 10 heteroatoms. The number of rotatable bonds is 8. The summed E-state index contributed by atoms with van der Waals surface area (Å²) in [5, 5.41) is 5.33. The highest BCUT2D eigenvalue weighted by atomic mass is 32.2. The fourth-order valence-corrected chi connectivity index (χ4v) is 5.42. The molecule has 0 bridgehead atoms. The van der Waals surface area contributed by atoms with Crippen LogP contribution in [0.2, 0.25) is 0 Å². The van der Waals surface area contributed by atoms with Crippen molar-refractivity contribution in [2.45, 2.75) is 6.42 Å². The first-order chi connectivity index (χ1) is 16.5. The third-order valence-corrected chi connectivity index (χ3v) is 7.66. The summed E-state index contributed by atoms with van der Waals surface area (Å²) in [6, 6.07) is 11.9. The number of sulfone groups is 1. The molecule has 2 aromatic heterocycles. The molecule has 3 heterocycles. The van der Waals surface area contributed by atoms with Crippen molar-refractivity contribution < 1.29 is 17.9 Å². The van der Waals surface area contributed by atoms with Crippen molar-refractivity contribution in [2.75, 3.05) is 50.2 Å². The highest BCUT2D eigenvalue weighted by molar-refractivity contribution is 7.91. The normalized spacial score (nSPS) is 16.0. The zero-order chi connectivity index (χ0) is 23.5. The van der Waals surface area contributed by atoms with Crippen LogP contribution in [0.3, 0.4) is 0 Å². The molecule has 1 aliphatic rings. The Hall–Kier alpha value is -3.37. The number of H-pyrrole nitrogens is 1. The fraction of sp³-hybridized carbons (Fsp3) is 0.333. The molecule has 4 aromatic rings. The average Bonchev–Trinajstić information content (AvgIpc) is 3.30. The van der Waals surface area contributed by atoms with Crippen molar-refractivity contribution in [2.24, 2.45) is 0 Å². The van der Waals surface area contributed by atoms with E-state index in [1.165, 1.54) is 6.33 Å². The van der Waals surface area contributed by atoms with E-state index in [1.54, 1.807) is 7.11 Å². The zero-order valence-corrected chi connectivity index (χ0v) is 19.8. The van der Waals surface area contributed by atoms with E-state index < -0.39 is 9.84 Å². The number of methoxy groups -OCH3 is 1. The number of anilines is 2. The van der Waals surface area contributed by atoms with Crippen LogP contribution in [0, 0.1) is 0 Å². The first-order valence-electron chi connectivity index (χ1n) is 11.2. The number of hydrogen-bond donors (Lipinski definition) is 2. The molecule has 1 fully saturated rings. The number of benzene rings is 2. The molecule has 0 saturated carbocycles. The molecule has 0 atom stereocenters. The number of fused-ring (bicyclic) bond motifs is 2. The smallest absolute Gasteiger partial charge is 0.163 e. The monoisotopic (exact) mass is 481 g/mol. The quantitative estimate of drug-likeness (QED) is 0.369. The summed E-state index contributed by atoms with van der Waals surface area (Å²) in [5.41, 5.74) is 2.75. The van der Waals surface area contributed by atoms with Crippen molar-refractivity contribution in [1.82, 2.24) is 19.9 Å². The zero-order valence-electron chi connectivity index (χ0n) is 19.0. The standard InChI is InChI=1S/C24H27N5O4S/c1-32-22-14-19-21(15-23(22)33-10-2-7-29-8-11-34(30,31)12-9-29)26-16-27-24(19)28-18-3-4-20-17(13-18)5-6-25-20/h3-6,13-16,25H,2,7-12H2,1H3,(H,26,27,28). The van der Waals surface area contributed by atoms with Crippen LogP contribution in [-0.4, -0.2) is 73.1 Å². The van der Waals surface area contributed by atoms with Gasteiger partial charge in [-0.3, -0.25) is 0 Å². The van der Waals surface area contributed by atoms with Crippen LogP contribution in [0.1, 0.15) is 6.42 Å². The summed E-state index contributed by atoms with van der Waals surface area (Å²) in [4.78, 5) is 14.2. The topological polar surface area (TPSA) is 109 Å². The lowest BCUT2D eigenvalue weighted by Gasteiger charge is -2.26. The number of aromatic amines is 1. The van der Waals surface area contributed by atoms with Crippen molar-refractivity contribution >= 4 is 43.1 Å². The highest BCUT2D eigenvalue weighted by Gasteiger charge is 2.21. The molecular weight excluding hydrogens is 454 g/mol. The van der Waals surface area contributed by atoms with Gasteiger partial charge in [-0.2, -0.15) is 0 Å². The number of nitrogens with zero attached hydrogens (tertiary/aromatic N) is 3. The van der Waals surface area contributed by atoms with Gasteiger partial charge in [-0.25, -0.2) is 18.4 Å². The summed E-state index contributed by atoms with van der Waals surface area (Å²) in [6.45, 7) is 2.47. The average molecular weight is 482 g/mol. The summed E-state index contributed by atoms with van der Waals surface area (Å²) in [5.74, 6) is 2.39. The Morgan fingerprint density at radius 2 is 1.94 bits per heavy atom. The molecule has 0 radical (unpaired) electrons. The summed E-state index contributed by atoms with van der Waals surface area (Å²) < 4.78 is 34.7. The minimum absolute atomic E-state index is 0.238.